The van der Waals surface area contributed by atoms with Crippen molar-refractivity contribution in [1.29, 1.82) is 0 Å². The summed E-state index contributed by atoms with van der Waals surface area (Å²) < 4.78 is 20.1. The number of rotatable bonds is 14. The molecular formula is C48H57BrN11O5P. The lowest BCUT2D eigenvalue weighted by atomic mass is 9.98. The molecule has 9 rings (SSSR count). The summed E-state index contributed by atoms with van der Waals surface area (Å²) in [6.45, 7) is 13.3. The van der Waals surface area contributed by atoms with Gasteiger partial charge in [-0.15, -0.1) is 0 Å². The van der Waals surface area contributed by atoms with Crippen molar-refractivity contribution in [3.63, 3.8) is 0 Å². The number of unbranched alkanes of at least 4 members (excludes halogenated alkanes) is 1. The first-order valence-corrected chi connectivity index (χ1v) is 26.3. The van der Waals surface area contributed by atoms with Crippen LogP contribution < -0.4 is 30.9 Å². The zero-order valence-corrected chi connectivity index (χ0v) is 40.5. The lowest BCUT2D eigenvalue weighted by Gasteiger charge is -2.43. The number of amides is 3. The van der Waals surface area contributed by atoms with Crippen LogP contribution in [0.2, 0.25) is 0 Å². The number of anilines is 5. The molecule has 6 heterocycles. The number of fused-ring (bicyclic) bond motifs is 2. The monoisotopic (exact) mass is 977 g/mol. The molecule has 4 aliphatic heterocycles. The maximum atomic E-state index is 13.5. The van der Waals surface area contributed by atoms with E-state index in [1.165, 1.54) is 5.56 Å². The van der Waals surface area contributed by atoms with E-state index in [2.05, 4.69) is 86.7 Å². The molecule has 346 valence electrons. The number of nitrogens with one attached hydrogen (secondary N) is 3. The minimum Gasteiger partial charge on any atom is -0.494 e. The van der Waals surface area contributed by atoms with Gasteiger partial charge in [-0.1, -0.05) is 12.1 Å². The number of nitrogens with zero attached hydrogens (tertiary/aromatic N) is 8. The number of hydrogen-bond donors (Lipinski definition) is 3. The number of methoxy groups -OCH3 is 1. The number of piperidine rings is 2. The number of benzene rings is 3. The van der Waals surface area contributed by atoms with Gasteiger partial charge in [-0.3, -0.25) is 34.6 Å². The smallest absolute Gasteiger partial charge is 0.255 e. The highest BCUT2D eigenvalue weighted by Gasteiger charge is 2.40. The van der Waals surface area contributed by atoms with Crippen LogP contribution in [0.4, 0.5) is 28.8 Å². The molecule has 1 atom stereocenters. The average Bonchev–Trinajstić information content (AvgIpc) is 3.64. The average molecular weight is 979 g/mol. The molecule has 3 amide bonds. The third-order valence-electron chi connectivity index (χ3n) is 13.5. The van der Waals surface area contributed by atoms with Crippen molar-refractivity contribution < 1.29 is 23.7 Å². The molecule has 5 aromatic rings. The molecule has 16 nitrogen and oxygen atoms in total. The van der Waals surface area contributed by atoms with E-state index in [1.54, 1.807) is 43.9 Å². The van der Waals surface area contributed by atoms with Crippen molar-refractivity contribution in [2.75, 3.05) is 81.8 Å². The SMILES string of the molecule is COc1cc(N2CCC(N3CCN(CCCCc4cccc5c4CN(C4CCC(=O)NC4=O)C5=O)CC3)CC2)c(C)cc1Nc1ncc(Br)c(Nc2ccc3nccnc3c2P(C)(C)=O)n1. The molecule has 3 saturated heterocycles. The second kappa shape index (κ2) is 19.4. The van der Waals surface area contributed by atoms with Gasteiger partial charge in [0.1, 0.15) is 30.3 Å². The predicted molar refractivity (Wildman–Crippen MR) is 261 cm³/mol. The highest BCUT2D eigenvalue weighted by molar-refractivity contribution is 9.10. The van der Waals surface area contributed by atoms with Gasteiger partial charge >= 0.3 is 0 Å². The largest absolute Gasteiger partial charge is 0.494 e. The van der Waals surface area contributed by atoms with E-state index in [0.717, 1.165) is 100 Å². The first kappa shape index (κ1) is 45.7. The van der Waals surface area contributed by atoms with Gasteiger partial charge in [0, 0.05) is 94.2 Å². The van der Waals surface area contributed by atoms with E-state index in [-0.39, 0.29) is 24.1 Å². The van der Waals surface area contributed by atoms with Crippen molar-refractivity contribution in [3.05, 3.63) is 87.8 Å². The molecule has 66 heavy (non-hydrogen) atoms. The van der Waals surface area contributed by atoms with Gasteiger partial charge < -0.3 is 34.6 Å². The number of carbonyl (C=O) groups excluding carboxylic acids is 3. The van der Waals surface area contributed by atoms with Gasteiger partial charge in [-0.05, 0) is 122 Å². The fourth-order valence-corrected chi connectivity index (χ4v) is 11.8. The summed E-state index contributed by atoms with van der Waals surface area (Å²) in [4.78, 5) is 65.1. The fourth-order valence-electron chi connectivity index (χ4n) is 10.1. The summed E-state index contributed by atoms with van der Waals surface area (Å²) in [7, 11) is -1.09. The lowest BCUT2D eigenvalue weighted by Crippen LogP contribution is -2.53. The number of ether oxygens (including phenoxy) is 1. The van der Waals surface area contributed by atoms with Crippen molar-refractivity contribution in [3.8, 4) is 5.75 Å². The number of halogens is 1. The summed E-state index contributed by atoms with van der Waals surface area (Å²) >= 11 is 3.59. The van der Waals surface area contributed by atoms with Gasteiger partial charge in [-0.25, -0.2) is 4.98 Å². The highest BCUT2D eigenvalue weighted by atomic mass is 79.9. The summed E-state index contributed by atoms with van der Waals surface area (Å²) in [5.74, 6) is 0.824. The molecule has 0 radical (unpaired) electrons. The Labute approximate surface area is 393 Å². The van der Waals surface area contributed by atoms with Gasteiger partial charge in [0.05, 0.1) is 33.8 Å². The van der Waals surface area contributed by atoms with Gasteiger partial charge in [0.2, 0.25) is 17.8 Å². The number of piperazine rings is 1. The van der Waals surface area contributed by atoms with Gasteiger partial charge in [-0.2, -0.15) is 4.98 Å². The fraction of sp³-hybridized carbons (Fsp3) is 0.438. The Bertz CT molecular complexity index is 2720. The van der Waals surface area contributed by atoms with Crippen molar-refractivity contribution in [1.82, 2.24) is 40.0 Å². The second-order valence-corrected chi connectivity index (χ2v) is 22.1. The molecule has 18 heteroatoms. The molecular weight excluding hydrogens is 921 g/mol. The molecule has 2 aromatic heterocycles. The van der Waals surface area contributed by atoms with Crippen molar-refractivity contribution in [2.45, 2.75) is 70.5 Å². The second-order valence-electron chi connectivity index (χ2n) is 18.1. The molecule has 3 N–H and O–H groups in total. The van der Waals surface area contributed by atoms with Crippen LogP contribution in [0.5, 0.6) is 5.75 Å². The van der Waals surface area contributed by atoms with Crippen LogP contribution in [-0.4, -0.2) is 131 Å². The molecule has 0 spiro atoms. The number of aryl methyl sites for hydroxylation is 2. The van der Waals surface area contributed by atoms with E-state index in [9.17, 15) is 18.9 Å². The Morgan fingerprint density at radius 2 is 1.70 bits per heavy atom. The molecule has 0 bridgehead atoms. The Morgan fingerprint density at radius 1 is 0.909 bits per heavy atom. The number of carbonyl (C=O) groups is 3. The van der Waals surface area contributed by atoms with Crippen LogP contribution >= 0.6 is 23.1 Å². The quantitative estimate of drug-likeness (QED) is 0.0616. The summed E-state index contributed by atoms with van der Waals surface area (Å²) in [6.07, 6.45) is 10.8. The summed E-state index contributed by atoms with van der Waals surface area (Å²) in [6, 6.07) is 13.8. The molecule has 0 aliphatic carbocycles. The van der Waals surface area contributed by atoms with Crippen LogP contribution in [0.3, 0.4) is 0 Å². The van der Waals surface area contributed by atoms with E-state index >= 15 is 0 Å². The first-order chi connectivity index (χ1) is 31.8. The lowest BCUT2D eigenvalue weighted by molar-refractivity contribution is -0.136. The Kier molecular flexibility index (Phi) is 13.4. The van der Waals surface area contributed by atoms with Crippen LogP contribution in [0.1, 0.15) is 65.6 Å². The standard InChI is InChI=1S/C48H57BrN11O5P/c1-30-26-38(54-48-52-28-35(49)45(56-48)53-37-12-11-36-43(51-18-17-50-36)44(37)66(3,4)64)41(65-2)27-40(30)59-20-15-32(16-21-59)58-24-22-57(23-25-58)19-6-5-8-31-9-7-10-33-34(31)29-60(47(33)63)39-13-14-42(61)55-46(39)62/h7,9-12,17-18,26-28,32,39H,5-6,8,13-16,19-25,29H2,1-4H3,(H,55,61,62)(H2,52,53,54,56). The van der Waals surface area contributed by atoms with Crippen LogP contribution in [0, 0.1) is 6.92 Å². The topological polar surface area (TPSA) is 178 Å². The Hall–Kier alpha value is -5.48. The summed E-state index contributed by atoms with van der Waals surface area (Å²) in [5, 5.41) is 9.76. The van der Waals surface area contributed by atoms with Gasteiger partial charge in [0.25, 0.3) is 5.91 Å². The minimum absolute atomic E-state index is 0.113. The maximum Gasteiger partial charge on any atom is 0.255 e. The zero-order chi connectivity index (χ0) is 46.1. The van der Waals surface area contributed by atoms with Crippen molar-refractivity contribution in [2.24, 2.45) is 0 Å². The molecule has 3 aromatic carbocycles. The maximum absolute atomic E-state index is 13.5. The minimum atomic E-state index is -2.77. The predicted octanol–water partition coefficient (Wildman–Crippen LogP) is 6.60. The molecule has 4 aliphatic rings. The molecule has 0 saturated carbocycles. The van der Waals surface area contributed by atoms with Gasteiger partial charge in [0.15, 0.2) is 0 Å². The molecule has 3 fully saturated rings. The number of hydrogen-bond acceptors (Lipinski definition) is 14. The Morgan fingerprint density at radius 3 is 2.45 bits per heavy atom. The van der Waals surface area contributed by atoms with Crippen LogP contribution in [-0.2, 0) is 27.1 Å². The van der Waals surface area contributed by atoms with Crippen LogP contribution in [0.15, 0.2) is 65.5 Å². The normalized spacial score (nSPS) is 18.7. The highest BCUT2D eigenvalue weighted by Crippen LogP contribution is 2.42. The zero-order valence-electron chi connectivity index (χ0n) is 38.0. The van der Waals surface area contributed by atoms with Crippen LogP contribution in [0.25, 0.3) is 11.0 Å². The number of aromatic nitrogens is 4. The van der Waals surface area contributed by atoms with E-state index in [4.69, 9.17) is 9.72 Å². The Balaban J connectivity index is 0.751. The third kappa shape index (κ3) is 9.67. The van der Waals surface area contributed by atoms with Crippen molar-refractivity contribution >= 4 is 86.0 Å². The van der Waals surface area contributed by atoms with E-state index in [0.29, 0.717) is 68.6 Å². The van der Waals surface area contributed by atoms with E-state index < -0.39 is 13.2 Å². The van der Waals surface area contributed by atoms with E-state index in [1.807, 2.05) is 24.3 Å². The first-order valence-electron chi connectivity index (χ1n) is 22.9. The number of imide groups is 1. The summed E-state index contributed by atoms with van der Waals surface area (Å²) in [5.41, 5.74) is 7.87. The molecule has 1 unspecified atom stereocenters. The third-order valence-corrected chi connectivity index (χ3v) is 15.6.